The summed E-state index contributed by atoms with van der Waals surface area (Å²) in [4.78, 5) is 10.7. The Labute approximate surface area is 81.9 Å². The number of aromatic carboxylic acids is 1. The SMILES string of the molecule is Cc1c(Cl)c(C(=O)O)cn1C(C)C. The summed E-state index contributed by atoms with van der Waals surface area (Å²) in [6.07, 6.45) is 1.57. The molecule has 0 fully saturated rings. The number of aromatic nitrogens is 1. The molecule has 0 unspecified atom stereocenters. The van der Waals surface area contributed by atoms with Gasteiger partial charge in [0, 0.05) is 17.9 Å². The van der Waals surface area contributed by atoms with E-state index in [1.165, 1.54) is 0 Å². The van der Waals surface area contributed by atoms with E-state index in [0.717, 1.165) is 5.69 Å². The zero-order chi connectivity index (χ0) is 10.2. The van der Waals surface area contributed by atoms with Crippen molar-refractivity contribution in [3.05, 3.63) is 22.5 Å². The van der Waals surface area contributed by atoms with E-state index in [0.29, 0.717) is 5.02 Å². The molecule has 0 bridgehead atoms. The van der Waals surface area contributed by atoms with Gasteiger partial charge in [0.15, 0.2) is 0 Å². The van der Waals surface area contributed by atoms with Crippen LogP contribution in [0.3, 0.4) is 0 Å². The Morgan fingerprint density at radius 1 is 1.62 bits per heavy atom. The van der Waals surface area contributed by atoms with Crippen LogP contribution >= 0.6 is 11.6 Å². The number of carboxylic acid groups (broad SMARTS) is 1. The Morgan fingerprint density at radius 2 is 2.15 bits per heavy atom. The third-order valence-electron chi connectivity index (χ3n) is 2.00. The van der Waals surface area contributed by atoms with Crippen LogP contribution in [0.2, 0.25) is 5.02 Å². The minimum absolute atomic E-state index is 0.174. The molecule has 0 atom stereocenters. The molecule has 1 N–H and O–H groups in total. The van der Waals surface area contributed by atoms with Crippen LogP contribution in [0.4, 0.5) is 0 Å². The topological polar surface area (TPSA) is 42.2 Å². The van der Waals surface area contributed by atoms with Crippen molar-refractivity contribution in [2.45, 2.75) is 26.8 Å². The van der Waals surface area contributed by atoms with Gasteiger partial charge < -0.3 is 9.67 Å². The van der Waals surface area contributed by atoms with Gasteiger partial charge in [-0.05, 0) is 20.8 Å². The fourth-order valence-corrected chi connectivity index (χ4v) is 1.51. The summed E-state index contributed by atoms with van der Waals surface area (Å²) >= 11 is 5.85. The average molecular weight is 202 g/mol. The molecule has 1 heterocycles. The van der Waals surface area contributed by atoms with Gasteiger partial charge in [-0.3, -0.25) is 0 Å². The van der Waals surface area contributed by atoms with E-state index in [2.05, 4.69) is 0 Å². The van der Waals surface area contributed by atoms with Crippen LogP contribution in [0.25, 0.3) is 0 Å². The number of rotatable bonds is 2. The lowest BCUT2D eigenvalue weighted by Crippen LogP contribution is -2.00. The Morgan fingerprint density at radius 3 is 2.38 bits per heavy atom. The molecular weight excluding hydrogens is 190 g/mol. The van der Waals surface area contributed by atoms with Crippen molar-refractivity contribution in [2.24, 2.45) is 0 Å². The highest BCUT2D eigenvalue weighted by Crippen LogP contribution is 2.25. The van der Waals surface area contributed by atoms with Crippen molar-refractivity contribution >= 4 is 17.6 Å². The normalized spacial score (nSPS) is 10.8. The lowest BCUT2D eigenvalue weighted by Gasteiger charge is -2.09. The van der Waals surface area contributed by atoms with Crippen molar-refractivity contribution < 1.29 is 9.90 Å². The molecule has 1 aromatic heterocycles. The maximum absolute atomic E-state index is 10.7. The fourth-order valence-electron chi connectivity index (χ4n) is 1.29. The van der Waals surface area contributed by atoms with Gasteiger partial charge in [-0.15, -0.1) is 0 Å². The number of hydrogen-bond donors (Lipinski definition) is 1. The number of hydrogen-bond acceptors (Lipinski definition) is 1. The Kier molecular flexibility index (Phi) is 2.66. The second kappa shape index (κ2) is 3.42. The molecule has 0 aliphatic heterocycles. The molecular formula is C9H12ClNO2. The van der Waals surface area contributed by atoms with Crippen LogP contribution in [0.15, 0.2) is 6.20 Å². The average Bonchev–Trinajstić information content (AvgIpc) is 2.29. The van der Waals surface area contributed by atoms with Gasteiger partial charge in [0.05, 0.1) is 10.6 Å². The molecule has 3 nitrogen and oxygen atoms in total. The number of carbonyl (C=O) groups is 1. The lowest BCUT2D eigenvalue weighted by atomic mass is 10.3. The summed E-state index contributed by atoms with van der Waals surface area (Å²) in [5, 5.41) is 9.12. The first kappa shape index (κ1) is 10.1. The molecule has 72 valence electrons. The molecule has 0 saturated carbocycles. The summed E-state index contributed by atoms with van der Waals surface area (Å²) in [7, 11) is 0. The molecule has 0 aliphatic carbocycles. The van der Waals surface area contributed by atoms with Crippen LogP contribution in [0.1, 0.15) is 35.9 Å². The predicted octanol–water partition coefficient (Wildman–Crippen LogP) is 2.73. The second-order valence-corrected chi connectivity index (χ2v) is 3.63. The number of carboxylic acids is 1. The lowest BCUT2D eigenvalue weighted by molar-refractivity contribution is 0.0697. The van der Waals surface area contributed by atoms with Crippen molar-refractivity contribution in [3.8, 4) is 0 Å². The quantitative estimate of drug-likeness (QED) is 0.800. The maximum Gasteiger partial charge on any atom is 0.338 e. The van der Waals surface area contributed by atoms with Crippen LogP contribution < -0.4 is 0 Å². The van der Waals surface area contributed by atoms with E-state index < -0.39 is 5.97 Å². The highest BCUT2D eigenvalue weighted by Gasteiger charge is 2.16. The van der Waals surface area contributed by atoms with Gasteiger partial charge in [-0.1, -0.05) is 11.6 Å². The maximum atomic E-state index is 10.7. The smallest absolute Gasteiger partial charge is 0.338 e. The molecule has 0 spiro atoms. The standard InChI is InChI=1S/C9H12ClNO2/c1-5(2)11-4-7(9(12)13)8(10)6(11)3/h4-5H,1-3H3,(H,12,13). The second-order valence-electron chi connectivity index (χ2n) is 3.25. The highest BCUT2D eigenvalue weighted by atomic mass is 35.5. The first-order valence-corrected chi connectivity index (χ1v) is 4.43. The summed E-state index contributed by atoms with van der Waals surface area (Å²) in [5.41, 5.74) is 0.974. The van der Waals surface area contributed by atoms with Crippen LogP contribution in [-0.2, 0) is 0 Å². The molecule has 0 amide bonds. The molecule has 0 saturated heterocycles. The number of halogens is 1. The van der Waals surface area contributed by atoms with Crippen LogP contribution in [-0.4, -0.2) is 15.6 Å². The minimum Gasteiger partial charge on any atom is -0.478 e. The van der Waals surface area contributed by atoms with Crippen molar-refractivity contribution in [1.29, 1.82) is 0 Å². The van der Waals surface area contributed by atoms with Crippen molar-refractivity contribution in [2.75, 3.05) is 0 Å². The van der Waals surface area contributed by atoms with E-state index in [1.54, 1.807) is 6.20 Å². The van der Waals surface area contributed by atoms with E-state index in [9.17, 15) is 4.79 Å². The Balaban J connectivity index is 3.28. The van der Waals surface area contributed by atoms with Crippen molar-refractivity contribution in [3.63, 3.8) is 0 Å². The van der Waals surface area contributed by atoms with Crippen LogP contribution in [0, 0.1) is 6.92 Å². The molecule has 0 radical (unpaired) electrons. The van der Waals surface area contributed by atoms with Crippen molar-refractivity contribution in [1.82, 2.24) is 4.57 Å². The Hall–Kier alpha value is -0.960. The van der Waals surface area contributed by atoms with E-state index in [1.807, 2.05) is 25.3 Å². The van der Waals surface area contributed by atoms with Gasteiger partial charge in [-0.2, -0.15) is 0 Å². The summed E-state index contributed by atoms with van der Waals surface area (Å²) in [6, 6.07) is 0.227. The number of nitrogens with zero attached hydrogens (tertiary/aromatic N) is 1. The summed E-state index contributed by atoms with van der Waals surface area (Å²) in [5.74, 6) is -0.979. The third-order valence-corrected chi connectivity index (χ3v) is 2.47. The van der Waals surface area contributed by atoms with Gasteiger partial charge in [-0.25, -0.2) is 4.79 Å². The van der Waals surface area contributed by atoms with Crippen LogP contribution in [0.5, 0.6) is 0 Å². The predicted molar refractivity (Wildman–Crippen MR) is 51.5 cm³/mol. The molecule has 13 heavy (non-hydrogen) atoms. The highest BCUT2D eigenvalue weighted by molar-refractivity contribution is 6.34. The summed E-state index contributed by atoms with van der Waals surface area (Å²) < 4.78 is 1.85. The van der Waals surface area contributed by atoms with E-state index >= 15 is 0 Å². The van der Waals surface area contributed by atoms with Gasteiger partial charge in [0.25, 0.3) is 0 Å². The Bertz CT molecular complexity index is 342. The minimum atomic E-state index is -0.979. The largest absolute Gasteiger partial charge is 0.478 e. The van der Waals surface area contributed by atoms with Gasteiger partial charge in [0.1, 0.15) is 0 Å². The third kappa shape index (κ3) is 1.70. The summed E-state index contributed by atoms with van der Waals surface area (Å²) in [6.45, 7) is 5.78. The first-order valence-electron chi connectivity index (χ1n) is 4.05. The van der Waals surface area contributed by atoms with Gasteiger partial charge in [0.2, 0.25) is 0 Å². The fraction of sp³-hybridized carbons (Fsp3) is 0.444. The zero-order valence-electron chi connectivity index (χ0n) is 7.84. The molecule has 1 rings (SSSR count). The van der Waals surface area contributed by atoms with Gasteiger partial charge >= 0.3 is 5.97 Å². The molecule has 1 aromatic rings. The zero-order valence-corrected chi connectivity index (χ0v) is 8.59. The molecule has 0 aromatic carbocycles. The monoisotopic (exact) mass is 201 g/mol. The molecule has 0 aliphatic rings. The van der Waals surface area contributed by atoms with E-state index in [-0.39, 0.29) is 11.6 Å². The van der Waals surface area contributed by atoms with E-state index in [4.69, 9.17) is 16.7 Å². The first-order chi connectivity index (χ1) is 5.95. The molecule has 4 heteroatoms.